The van der Waals surface area contributed by atoms with Crippen molar-refractivity contribution in [3.05, 3.63) is 0 Å². The number of aliphatic hydroxyl groups is 1. The van der Waals surface area contributed by atoms with E-state index >= 15 is 0 Å². The van der Waals surface area contributed by atoms with Crippen LogP contribution in [0.15, 0.2) is 0 Å². The minimum Gasteiger partial charge on any atom is -0.393 e. The molecule has 1 saturated carbocycles. The molecule has 0 radical (unpaired) electrons. The van der Waals surface area contributed by atoms with Gasteiger partial charge in [-0.1, -0.05) is 12.8 Å². The summed E-state index contributed by atoms with van der Waals surface area (Å²) in [5, 5.41) is 9.28. The Hall–Kier alpha value is -0.0800. The third-order valence-electron chi connectivity index (χ3n) is 2.23. The zero-order valence-electron chi connectivity index (χ0n) is 6.42. The maximum Gasteiger partial charge on any atom is 0.0540 e. The molecule has 1 fully saturated rings. The molecule has 0 aromatic rings. The average Bonchev–Trinajstić information content (AvgIpc) is 1.90. The van der Waals surface area contributed by atoms with Crippen molar-refractivity contribution in [1.29, 1.82) is 0 Å². The zero-order valence-corrected chi connectivity index (χ0v) is 6.42. The molecule has 0 amide bonds. The van der Waals surface area contributed by atoms with E-state index in [-0.39, 0.29) is 6.10 Å². The van der Waals surface area contributed by atoms with Crippen LogP contribution in [0.3, 0.4) is 0 Å². The van der Waals surface area contributed by atoms with Gasteiger partial charge in [-0.2, -0.15) is 0 Å². The first-order chi connectivity index (χ1) is 4.79. The van der Waals surface area contributed by atoms with E-state index in [0.29, 0.717) is 6.04 Å². The Bertz CT molecular complexity index is 83.3. The minimum atomic E-state index is -0.0775. The fraction of sp³-hybridized carbons (Fsp3) is 1.00. The van der Waals surface area contributed by atoms with Crippen LogP contribution in [0.5, 0.6) is 0 Å². The fourth-order valence-corrected chi connectivity index (χ4v) is 1.48. The highest BCUT2D eigenvalue weighted by Gasteiger charge is 2.11. The number of hydrogen-bond donors (Lipinski definition) is 2. The Kier molecular flexibility index (Phi) is 3.16. The summed E-state index contributed by atoms with van der Waals surface area (Å²) in [6.07, 6.45) is 6.29. The summed E-state index contributed by atoms with van der Waals surface area (Å²) in [5.74, 6) is 0. The molecular formula is C8H17NO. The minimum absolute atomic E-state index is 0.0775. The molecule has 60 valence electrons. The molecule has 10 heavy (non-hydrogen) atoms. The predicted octanol–water partition coefficient (Wildman–Crippen LogP) is 1.03. The Morgan fingerprint density at radius 3 is 2.50 bits per heavy atom. The normalized spacial score (nSPS) is 36.6. The maximum atomic E-state index is 9.28. The Labute approximate surface area is 62.4 Å². The van der Waals surface area contributed by atoms with Crippen molar-refractivity contribution in [2.24, 2.45) is 5.73 Å². The second-order valence-corrected chi connectivity index (χ2v) is 3.28. The number of aliphatic hydroxyl groups excluding tert-OH is 1. The van der Waals surface area contributed by atoms with Gasteiger partial charge in [0, 0.05) is 6.04 Å². The molecule has 2 heteroatoms. The van der Waals surface area contributed by atoms with Crippen molar-refractivity contribution in [3.8, 4) is 0 Å². The van der Waals surface area contributed by atoms with Crippen LogP contribution < -0.4 is 5.73 Å². The van der Waals surface area contributed by atoms with Crippen LogP contribution in [-0.4, -0.2) is 17.3 Å². The maximum absolute atomic E-state index is 9.28. The molecule has 0 aromatic heterocycles. The number of nitrogens with two attached hydrogens (primary N) is 1. The molecule has 0 bridgehead atoms. The van der Waals surface area contributed by atoms with Crippen molar-refractivity contribution in [1.82, 2.24) is 0 Å². The third kappa shape index (κ3) is 2.67. The van der Waals surface area contributed by atoms with E-state index in [1.54, 1.807) is 0 Å². The van der Waals surface area contributed by atoms with Crippen molar-refractivity contribution in [2.75, 3.05) is 0 Å². The van der Waals surface area contributed by atoms with Gasteiger partial charge < -0.3 is 10.8 Å². The van der Waals surface area contributed by atoms with Crippen LogP contribution in [-0.2, 0) is 0 Å². The van der Waals surface area contributed by atoms with Gasteiger partial charge in [-0.25, -0.2) is 0 Å². The van der Waals surface area contributed by atoms with Gasteiger partial charge in [-0.05, 0) is 25.7 Å². The molecule has 2 atom stereocenters. The van der Waals surface area contributed by atoms with E-state index in [0.717, 1.165) is 32.1 Å². The lowest BCUT2D eigenvalue weighted by atomic mass is 9.96. The molecule has 0 heterocycles. The summed E-state index contributed by atoms with van der Waals surface area (Å²) in [4.78, 5) is 0. The van der Waals surface area contributed by atoms with Gasteiger partial charge in [0.15, 0.2) is 0 Å². The van der Waals surface area contributed by atoms with Crippen molar-refractivity contribution >= 4 is 0 Å². The van der Waals surface area contributed by atoms with E-state index in [9.17, 15) is 5.11 Å². The Morgan fingerprint density at radius 1 is 1.00 bits per heavy atom. The zero-order chi connectivity index (χ0) is 7.40. The Balaban J connectivity index is 2.23. The van der Waals surface area contributed by atoms with Crippen LogP contribution in [0.2, 0.25) is 0 Å². The van der Waals surface area contributed by atoms with Crippen LogP contribution >= 0.6 is 0 Å². The standard InChI is InChI=1S/C8H17NO/c9-7-3-1-2-4-8(10)6-5-7/h7-8,10H,1-6,9H2. The van der Waals surface area contributed by atoms with Gasteiger partial charge >= 0.3 is 0 Å². The summed E-state index contributed by atoms with van der Waals surface area (Å²) < 4.78 is 0. The molecule has 3 N–H and O–H groups in total. The van der Waals surface area contributed by atoms with Crippen molar-refractivity contribution in [2.45, 2.75) is 50.7 Å². The monoisotopic (exact) mass is 143 g/mol. The second-order valence-electron chi connectivity index (χ2n) is 3.28. The van der Waals surface area contributed by atoms with E-state index in [1.807, 2.05) is 0 Å². The first-order valence-electron chi connectivity index (χ1n) is 4.22. The third-order valence-corrected chi connectivity index (χ3v) is 2.23. The highest BCUT2D eigenvalue weighted by Crippen LogP contribution is 2.15. The molecular weight excluding hydrogens is 126 g/mol. The fourth-order valence-electron chi connectivity index (χ4n) is 1.48. The van der Waals surface area contributed by atoms with Crippen LogP contribution in [0.25, 0.3) is 0 Å². The lowest BCUT2D eigenvalue weighted by Crippen LogP contribution is -2.24. The van der Waals surface area contributed by atoms with Crippen molar-refractivity contribution < 1.29 is 5.11 Å². The quantitative estimate of drug-likeness (QED) is 0.532. The molecule has 2 nitrogen and oxygen atoms in total. The van der Waals surface area contributed by atoms with Gasteiger partial charge in [-0.3, -0.25) is 0 Å². The second kappa shape index (κ2) is 3.94. The first kappa shape index (κ1) is 8.02. The summed E-state index contributed by atoms with van der Waals surface area (Å²) in [5.41, 5.74) is 5.76. The molecule has 1 rings (SSSR count). The van der Waals surface area contributed by atoms with E-state index in [1.165, 1.54) is 6.42 Å². The Morgan fingerprint density at radius 2 is 1.70 bits per heavy atom. The summed E-state index contributed by atoms with van der Waals surface area (Å²) in [7, 11) is 0. The number of hydrogen-bond acceptors (Lipinski definition) is 2. The first-order valence-corrected chi connectivity index (χ1v) is 4.22. The summed E-state index contributed by atoms with van der Waals surface area (Å²) in [6.45, 7) is 0. The lowest BCUT2D eigenvalue weighted by Gasteiger charge is -2.18. The molecule has 2 unspecified atom stereocenters. The summed E-state index contributed by atoms with van der Waals surface area (Å²) >= 11 is 0. The molecule has 0 aliphatic heterocycles. The molecule has 0 spiro atoms. The molecule has 0 aromatic carbocycles. The molecule has 1 aliphatic carbocycles. The summed E-state index contributed by atoms with van der Waals surface area (Å²) in [6, 6.07) is 0.343. The van der Waals surface area contributed by atoms with Crippen LogP contribution in [0, 0.1) is 0 Å². The molecule has 0 saturated heterocycles. The van der Waals surface area contributed by atoms with E-state index in [4.69, 9.17) is 5.73 Å². The van der Waals surface area contributed by atoms with Gasteiger partial charge in [-0.15, -0.1) is 0 Å². The van der Waals surface area contributed by atoms with Gasteiger partial charge in [0.1, 0.15) is 0 Å². The van der Waals surface area contributed by atoms with Gasteiger partial charge in [0.05, 0.1) is 6.10 Å². The van der Waals surface area contributed by atoms with E-state index in [2.05, 4.69) is 0 Å². The topological polar surface area (TPSA) is 46.2 Å². The van der Waals surface area contributed by atoms with Crippen molar-refractivity contribution in [3.63, 3.8) is 0 Å². The average molecular weight is 143 g/mol. The molecule has 1 aliphatic rings. The highest BCUT2D eigenvalue weighted by molar-refractivity contribution is 4.69. The van der Waals surface area contributed by atoms with Gasteiger partial charge in [0.2, 0.25) is 0 Å². The smallest absolute Gasteiger partial charge is 0.0540 e. The largest absolute Gasteiger partial charge is 0.393 e. The lowest BCUT2D eigenvalue weighted by molar-refractivity contribution is 0.138. The van der Waals surface area contributed by atoms with E-state index < -0.39 is 0 Å². The predicted molar refractivity (Wildman–Crippen MR) is 41.7 cm³/mol. The number of rotatable bonds is 0. The highest BCUT2D eigenvalue weighted by atomic mass is 16.3. The van der Waals surface area contributed by atoms with Crippen LogP contribution in [0.4, 0.5) is 0 Å². The van der Waals surface area contributed by atoms with Crippen LogP contribution in [0.1, 0.15) is 38.5 Å². The SMILES string of the molecule is NC1CCCCC(O)CC1. The van der Waals surface area contributed by atoms with Gasteiger partial charge in [0.25, 0.3) is 0 Å².